The smallest absolute Gasteiger partial charge is 0.435 e. The van der Waals surface area contributed by atoms with Crippen molar-refractivity contribution < 1.29 is 23.8 Å². The zero-order valence-electron chi connectivity index (χ0n) is 21.3. The maximum absolute atomic E-state index is 12.7. The van der Waals surface area contributed by atoms with Gasteiger partial charge in [-0.25, -0.2) is 9.59 Å². The maximum atomic E-state index is 12.7. The minimum absolute atomic E-state index is 0.0220. The molecule has 9 nitrogen and oxygen atoms in total. The van der Waals surface area contributed by atoms with Crippen molar-refractivity contribution in [3.05, 3.63) is 42.4 Å². The highest BCUT2D eigenvalue weighted by Gasteiger charge is 2.41. The van der Waals surface area contributed by atoms with Crippen LogP contribution in [0.1, 0.15) is 47.2 Å². The second-order valence-corrected chi connectivity index (χ2v) is 10.7. The van der Waals surface area contributed by atoms with E-state index in [2.05, 4.69) is 10.1 Å². The Bertz CT molecular complexity index is 1270. The molecule has 0 radical (unpaired) electrons. The SMILES string of the molecule is Cc1nn(C(=O)OC(C)(C)C)c2cccc(-c3cncc(OC[C@@H]4CN4C(=O)OC(C)(C)C)c3)c12. The number of hydrogen-bond donors (Lipinski definition) is 0. The molecule has 9 heteroatoms. The lowest BCUT2D eigenvalue weighted by atomic mass is 10.0. The van der Waals surface area contributed by atoms with E-state index in [1.807, 2.05) is 72.7 Å². The third-order valence-electron chi connectivity index (χ3n) is 5.26. The van der Waals surface area contributed by atoms with Crippen molar-refractivity contribution in [3.63, 3.8) is 0 Å². The molecule has 0 saturated carbocycles. The molecule has 0 unspecified atom stereocenters. The largest absolute Gasteiger partial charge is 0.490 e. The first-order valence-corrected chi connectivity index (χ1v) is 11.6. The van der Waals surface area contributed by atoms with Crippen molar-refractivity contribution in [1.82, 2.24) is 19.7 Å². The highest BCUT2D eigenvalue weighted by Crippen LogP contribution is 2.33. The summed E-state index contributed by atoms with van der Waals surface area (Å²) in [5, 5.41) is 5.28. The van der Waals surface area contributed by atoms with Gasteiger partial charge in [0.2, 0.25) is 0 Å². The van der Waals surface area contributed by atoms with E-state index >= 15 is 0 Å². The predicted octanol–water partition coefficient (Wildman–Crippen LogP) is 5.19. The lowest BCUT2D eigenvalue weighted by Gasteiger charge is -2.20. The van der Waals surface area contributed by atoms with E-state index < -0.39 is 17.3 Å². The van der Waals surface area contributed by atoms with Gasteiger partial charge in [0, 0.05) is 23.7 Å². The summed E-state index contributed by atoms with van der Waals surface area (Å²) in [5.74, 6) is 0.590. The van der Waals surface area contributed by atoms with E-state index in [-0.39, 0.29) is 12.1 Å². The van der Waals surface area contributed by atoms with Gasteiger partial charge < -0.3 is 14.2 Å². The van der Waals surface area contributed by atoms with Gasteiger partial charge in [-0.15, -0.1) is 0 Å². The van der Waals surface area contributed by atoms with E-state index in [9.17, 15) is 9.59 Å². The number of rotatable bonds is 4. The van der Waals surface area contributed by atoms with Crippen LogP contribution in [0.25, 0.3) is 22.0 Å². The number of hydrogen-bond acceptors (Lipinski definition) is 7. The topological polar surface area (TPSA) is 95.6 Å². The summed E-state index contributed by atoms with van der Waals surface area (Å²) >= 11 is 0. The van der Waals surface area contributed by atoms with Crippen LogP contribution in [0.3, 0.4) is 0 Å². The normalized spacial score (nSPS) is 15.7. The van der Waals surface area contributed by atoms with Gasteiger partial charge in [-0.2, -0.15) is 9.78 Å². The maximum Gasteiger partial charge on any atom is 0.435 e. The Labute approximate surface area is 205 Å². The number of benzene rings is 1. The molecule has 0 bridgehead atoms. The Hall–Kier alpha value is -3.62. The summed E-state index contributed by atoms with van der Waals surface area (Å²) in [6, 6.07) is 7.55. The Kier molecular flexibility index (Phi) is 6.21. The summed E-state index contributed by atoms with van der Waals surface area (Å²) in [5.41, 5.74) is 1.93. The molecule has 1 atom stereocenters. The fourth-order valence-corrected chi connectivity index (χ4v) is 3.74. The third kappa shape index (κ3) is 5.72. The number of fused-ring (bicyclic) bond motifs is 1. The predicted molar refractivity (Wildman–Crippen MR) is 132 cm³/mol. The summed E-state index contributed by atoms with van der Waals surface area (Å²) < 4.78 is 18.1. The van der Waals surface area contributed by atoms with Crippen molar-refractivity contribution in [3.8, 4) is 16.9 Å². The van der Waals surface area contributed by atoms with Crippen LogP contribution >= 0.6 is 0 Å². The molecule has 0 N–H and O–H groups in total. The van der Waals surface area contributed by atoms with Crippen LogP contribution in [-0.4, -0.2) is 62.2 Å². The van der Waals surface area contributed by atoms with Gasteiger partial charge in [0.25, 0.3) is 0 Å². The zero-order chi connectivity index (χ0) is 25.5. The lowest BCUT2D eigenvalue weighted by molar-refractivity contribution is 0.0397. The molecule has 35 heavy (non-hydrogen) atoms. The van der Waals surface area contributed by atoms with Gasteiger partial charge >= 0.3 is 12.2 Å². The number of aromatic nitrogens is 3. The number of amides is 1. The van der Waals surface area contributed by atoms with Gasteiger partial charge in [0.05, 0.1) is 23.4 Å². The summed E-state index contributed by atoms with van der Waals surface area (Å²) in [4.78, 5) is 30.8. The fourth-order valence-electron chi connectivity index (χ4n) is 3.74. The summed E-state index contributed by atoms with van der Waals surface area (Å²) in [7, 11) is 0. The van der Waals surface area contributed by atoms with Gasteiger partial charge in [0.15, 0.2) is 0 Å². The molecule has 1 aliphatic rings. The number of aryl methyl sites for hydroxylation is 1. The average molecular weight is 481 g/mol. The van der Waals surface area contributed by atoms with Crippen molar-refractivity contribution in [1.29, 1.82) is 0 Å². The second kappa shape index (κ2) is 8.87. The van der Waals surface area contributed by atoms with Crippen LogP contribution in [0.2, 0.25) is 0 Å². The van der Waals surface area contributed by atoms with E-state index in [4.69, 9.17) is 14.2 Å². The molecule has 0 spiro atoms. The molecule has 4 rings (SSSR count). The van der Waals surface area contributed by atoms with Crippen LogP contribution in [-0.2, 0) is 9.47 Å². The van der Waals surface area contributed by atoms with Crippen LogP contribution in [0.4, 0.5) is 9.59 Å². The molecule has 1 aromatic carbocycles. The summed E-state index contributed by atoms with van der Waals surface area (Å²) in [6.45, 7) is 13.8. The van der Waals surface area contributed by atoms with Gasteiger partial charge in [0.1, 0.15) is 23.6 Å². The Balaban J connectivity index is 1.52. The van der Waals surface area contributed by atoms with Gasteiger partial charge in [-0.05, 0) is 66.2 Å². The first-order valence-electron chi connectivity index (χ1n) is 11.6. The first kappa shape index (κ1) is 24.5. The molecule has 1 amide bonds. The Morgan fingerprint density at radius 2 is 1.71 bits per heavy atom. The molecular formula is C26H32N4O5. The van der Waals surface area contributed by atoms with Crippen molar-refractivity contribution >= 4 is 23.1 Å². The van der Waals surface area contributed by atoms with Crippen LogP contribution in [0.15, 0.2) is 36.7 Å². The lowest BCUT2D eigenvalue weighted by Crippen LogP contribution is -2.28. The molecule has 2 aromatic heterocycles. The van der Waals surface area contributed by atoms with E-state index in [0.717, 1.165) is 16.5 Å². The zero-order valence-corrected chi connectivity index (χ0v) is 21.3. The molecule has 186 valence electrons. The minimum Gasteiger partial charge on any atom is -0.490 e. The van der Waals surface area contributed by atoms with Crippen molar-refractivity contribution in [2.75, 3.05) is 13.2 Å². The van der Waals surface area contributed by atoms with E-state index in [1.165, 1.54) is 4.68 Å². The molecule has 1 fully saturated rings. The molecule has 3 heterocycles. The minimum atomic E-state index is -0.628. The molecule has 0 aliphatic carbocycles. The molecule has 1 aliphatic heterocycles. The van der Waals surface area contributed by atoms with Crippen LogP contribution in [0.5, 0.6) is 5.75 Å². The molecule has 3 aromatic rings. The second-order valence-electron chi connectivity index (χ2n) is 10.7. The van der Waals surface area contributed by atoms with Crippen LogP contribution in [0, 0.1) is 6.92 Å². The number of nitrogens with zero attached hydrogens (tertiary/aromatic N) is 4. The van der Waals surface area contributed by atoms with E-state index in [0.29, 0.717) is 30.1 Å². The Morgan fingerprint density at radius 1 is 1.03 bits per heavy atom. The van der Waals surface area contributed by atoms with Crippen molar-refractivity contribution in [2.45, 2.75) is 65.7 Å². The first-order chi connectivity index (χ1) is 16.3. The quantitative estimate of drug-likeness (QED) is 0.474. The average Bonchev–Trinajstić information content (AvgIpc) is 3.45. The Morgan fingerprint density at radius 3 is 2.40 bits per heavy atom. The third-order valence-corrected chi connectivity index (χ3v) is 5.26. The molecular weight excluding hydrogens is 448 g/mol. The van der Waals surface area contributed by atoms with E-state index in [1.54, 1.807) is 17.3 Å². The highest BCUT2D eigenvalue weighted by atomic mass is 16.6. The fraction of sp³-hybridized carbons (Fsp3) is 0.462. The summed E-state index contributed by atoms with van der Waals surface area (Å²) in [6.07, 6.45) is 2.53. The molecule has 1 saturated heterocycles. The standard InChI is InChI=1S/C26H32N4O5/c1-16-22-20(9-8-10-21(22)30(28-16)24(32)35-26(5,6)7)17-11-19(13-27-12-17)33-15-18-14-29(18)23(31)34-25(2,3)4/h8-13,18H,14-15H2,1-7H3/t18-,29?/m0/s1. The van der Waals surface area contributed by atoms with Gasteiger partial charge in [-0.3, -0.25) is 9.88 Å². The number of carbonyl (C=O) groups excluding carboxylic acids is 2. The number of carbonyl (C=O) groups is 2. The monoisotopic (exact) mass is 480 g/mol. The number of ether oxygens (including phenoxy) is 3. The van der Waals surface area contributed by atoms with Crippen LogP contribution < -0.4 is 4.74 Å². The van der Waals surface area contributed by atoms with Crippen molar-refractivity contribution in [2.24, 2.45) is 0 Å². The highest BCUT2D eigenvalue weighted by molar-refractivity contribution is 6.00. The van der Waals surface area contributed by atoms with Gasteiger partial charge in [-0.1, -0.05) is 12.1 Å². The number of pyridine rings is 1.